The van der Waals surface area contributed by atoms with Gasteiger partial charge in [-0.2, -0.15) is 0 Å². The number of benzene rings is 1. The van der Waals surface area contributed by atoms with E-state index in [1.165, 1.54) is 0 Å². The van der Waals surface area contributed by atoms with Crippen molar-refractivity contribution in [2.45, 2.75) is 76.8 Å². The summed E-state index contributed by atoms with van der Waals surface area (Å²) in [7, 11) is -3.89. The van der Waals surface area contributed by atoms with Gasteiger partial charge in [-0.3, -0.25) is 0 Å². The van der Waals surface area contributed by atoms with Gasteiger partial charge in [-0.05, 0) is 71.8 Å². The number of aryl methyl sites for hydroxylation is 1. The molecule has 2 N–H and O–H groups in total. The van der Waals surface area contributed by atoms with Gasteiger partial charge in [-0.25, -0.2) is 13.6 Å². The minimum absolute atomic E-state index is 0.352. The van der Waals surface area contributed by atoms with Gasteiger partial charge in [0.05, 0.1) is 15.9 Å². The lowest BCUT2D eigenvalue weighted by Crippen LogP contribution is -2.41. The molecule has 25 heavy (non-hydrogen) atoms. The maximum atomic E-state index is 11.5. The third kappa shape index (κ3) is 4.45. The van der Waals surface area contributed by atoms with Crippen molar-refractivity contribution in [3.8, 4) is 0 Å². The van der Waals surface area contributed by atoms with Gasteiger partial charge in [0.2, 0.25) is 10.0 Å². The summed E-state index contributed by atoms with van der Waals surface area (Å²) in [6, 6.07) is 8.12. The van der Waals surface area contributed by atoms with Crippen LogP contribution in [0.1, 0.15) is 59.9 Å². The van der Waals surface area contributed by atoms with E-state index in [1.54, 1.807) is 13.8 Å². The van der Waals surface area contributed by atoms with Gasteiger partial charge in [0.1, 0.15) is 0 Å². The Bertz CT molecular complexity index is 695. The van der Waals surface area contributed by atoms with Crippen LogP contribution in [-0.2, 0) is 25.8 Å². The number of hydrogen-bond donors (Lipinski definition) is 1. The SMILES string of the molecule is CC1(C)OB(c2ccc(CCCC(C)(C)S(N)(=O)=O)cc2)OC1(C)C. The zero-order valence-electron chi connectivity index (χ0n) is 16.1. The van der Waals surface area contributed by atoms with Crippen molar-refractivity contribution >= 4 is 22.6 Å². The summed E-state index contributed by atoms with van der Waals surface area (Å²) in [6.07, 6.45) is 2.10. The normalized spacial score (nSPS) is 20.0. The van der Waals surface area contributed by atoms with Crippen LogP contribution in [0.25, 0.3) is 0 Å². The number of rotatable bonds is 6. The molecular formula is C18H30BNO4S. The summed E-state index contributed by atoms with van der Waals surface area (Å²) in [4.78, 5) is 0. The molecule has 0 unspecified atom stereocenters. The summed E-state index contributed by atoms with van der Waals surface area (Å²) < 4.78 is 34.3. The lowest BCUT2D eigenvalue weighted by atomic mass is 9.78. The van der Waals surface area contributed by atoms with Crippen molar-refractivity contribution in [3.63, 3.8) is 0 Å². The van der Waals surface area contributed by atoms with Crippen LogP contribution < -0.4 is 10.6 Å². The standard InChI is InChI=1S/C18H30BNO4S/c1-16(2,25(20,21)22)13-7-8-14-9-11-15(12-10-14)19-23-17(3,4)18(5,6)24-19/h9-12H,7-8,13H2,1-6H3,(H2,20,21,22). The Balaban J connectivity index is 1.95. The van der Waals surface area contributed by atoms with Gasteiger partial charge in [-0.15, -0.1) is 0 Å². The van der Waals surface area contributed by atoms with E-state index >= 15 is 0 Å². The molecule has 7 heteroatoms. The predicted octanol–water partition coefficient (Wildman–Crippen LogP) is 2.38. The largest absolute Gasteiger partial charge is 0.494 e. The Morgan fingerprint density at radius 1 is 1.04 bits per heavy atom. The van der Waals surface area contributed by atoms with Crippen LogP contribution in [0.4, 0.5) is 0 Å². The van der Waals surface area contributed by atoms with E-state index in [0.717, 1.165) is 23.9 Å². The van der Waals surface area contributed by atoms with E-state index in [0.29, 0.717) is 6.42 Å². The lowest BCUT2D eigenvalue weighted by molar-refractivity contribution is 0.00578. The Kier molecular flexibility index (Phi) is 5.46. The molecule has 5 nitrogen and oxygen atoms in total. The van der Waals surface area contributed by atoms with Gasteiger partial charge in [0.25, 0.3) is 0 Å². The van der Waals surface area contributed by atoms with E-state index < -0.39 is 14.8 Å². The summed E-state index contributed by atoms with van der Waals surface area (Å²) in [6.45, 7) is 11.5. The second-order valence-corrected chi connectivity index (χ2v) is 10.7. The first-order valence-electron chi connectivity index (χ1n) is 8.72. The molecule has 1 aromatic carbocycles. The molecule has 0 radical (unpaired) electrons. The van der Waals surface area contributed by atoms with Crippen LogP contribution >= 0.6 is 0 Å². The maximum Gasteiger partial charge on any atom is 0.494 e. The monoisotopic (exact) mass is 367 g/mol. The summed E-state index contributed by atoms with van der Waals surface area (Å²) >= 11 is 0. The Labute approximate surface area is 152 Å². The van der Waals surface area contributed by atoms with Crippen LogP contribution in [0.15, 0.2) is 24.3 Å². The lowest BCUT2D eigenvalue weighted by Gasteiger charge is -2.32. The molecule has 1 saturated heterocycles. The van der Waals surface area contributed by atoms with Crippen LogP contribution in [0.5, 0.6) is 0 Å². The highest BCUT2D eigenvalue weighted by Crippen LogP contribution is 2.36. The molecule has 0 atom stereocenters. The van der Waals surface area contributed by atoms with Gasteiger partial charge in [0, 0.05) is 0 Å². The summed E-state index contributed by atoms with van der Waals surface area (Å²) in [5.41, 5.74) is 1.45. The van der Waals surface area contributed by atoms with Crippen molar-refractivity contribution < 1.29 is 17.7 Å². The number of hydrogen-bond acceptors (Lipinski definition) is 4. The molecule has 0 aromatic heterocycles. The van der Waals surface area contributed by atoms with Gasteiger partial charge >= 0.3 is 7.12 Å². The van der Waals surface area contributed by atoms with Crippen molar-refractivity contribution in [1.29, 1.82) is 0 Å². The summed E-state index contributed by atoms with van der Waals surface area (Å²) in [5, 5.41) is 5.27. The highest BCUT2D eigenvalue weighted by atomic mass is 32.2. The quantitative estimate of drug-likeness (QED) is 0.783. The first-order valence-corrected chi connectivity index (χ1v) is 10.3. The predicted molar refractivity (Wildman–Crippen MR) is 102 cm³/mol. The molecule has 1 aromatic rings. The zero-order valence-corrected chi connectivity index (χ0v) is 16.9. The van der Waals surface area contributed by atoms with Crippen LogP contribution in [0.3, 0.4) is 0 Å². The van der Waals surface area contributed by atoms with Crippen molar-refractivity contribution in [1.82, 2.24) is 0 Å². The highest BCUT2D eigenvalue weighted by molar-refractivity contribution is 7.90. The van der Waals surface area contributed by atoms with E-state index in [1.807, 2.05) is 52.0 Å². The van der Waals surface area contributed by atoms with Gasteiger partial charge in [-0.1, -0.05) is 24.3 Å². The van der Waals surface area contributed by atoms with Crippen molar-refractivity contribution in [2.75, 3.05) is 0 Å². The Morgan fingerprint density at radius 2 is 1.52 bits per heavy atom. The fourth-order valence-electron chi connectivity index (χ4n) is 2.68. The average Bonchev–Trinajstić information content (AvgIpc) is 2.67. The molecule has 0 amide bonds. The third-order valence-corrected chi connectivity index (χ3v) is 7.26. The first kappa shape index (κ1) is 20.4. The number of nitrogens with two attached hydrogens (primary N) is 1. The molecule has 1 aliphatic rings. The molecule has 1 heterocycles. The minimum Gasteiger partial charge on any atom is -0.399 e. The number of primary sulfonamides is 1. The third-order valence-electron chi connectivity index (χ3n) is 5.52. The molecule has 1 aliphatic heterocycles. The fourth-order valence-corrected chi connectivity index (χ4v) is 3.11. The highest BCUT2D eigenvalue weighted by Gasteiger charge is 2.51. The first-order chi connectivity index (χ1) is 11.3. The molecule has 0 spiro atoms. The van der Waals surface area contributed by atoms with E-state index in [2.05, 4.69) is 0 Å². The molecule has 0 bridgehead atoms. The molecule has 140 valence electrons. The van der Waals surface area contributed by atoms with Crippen molar-refractivity contribution in [2.24, 2.45) is 5.14 Å². The van der Waals surface area contributed by atoms with E-state index in [-0.39, 0.29) is 18.3 Å². The molecule has 0 saturated carbocycles. The van der Waals surface area contributed by atoms with Crippen LogP contribution in [-0.4, -0.2) is 31.5 Å². The second kappa shape index (κ2) is 6.69. The zero-order chi connectivity index (χ0) is 19.1. The fraction of sp³-hybridized carbons (Fsp3) is 0.667. The van der Waals surface area contributed by atoms with Crippen LogP contribution in [0, 0.1) is 0 Å². The van der Waals surface area contributed by atoms with Crippen LogP contribution in [0.2, 0.25) is 0 Å². The Morgan fingerprint density at radius 3 is 1.96 bits per heavy atom. The molecule has 1 fully saturated rings. The maximum absolute atomic E-state index is 11.5. The topological polar surface area (TPSA) is 78.6 Å². The van der Waals surface area contributed by atoms with E-state index in [9.17, 15) is 8.42 Å². The molecular weight excluding hydrogens is 337 g/mol. The van der Waals surface area contributed by atoms with Gasteiger partial charge < -0.3 is 9.31 Å². The Hall–Kier alpha value is -0.885. The minimum atomic E-state index is -3.53. The second-order valence-electron chi connectivity index (χ2n) is 8.49. The average molecular weight is 367 g/mol. The smallest absolute Gasteiger partial charge is 0.399 e. The van der Waals surface area contributed by atoms with Crippen molar-refractivity contribution in [3.05, 3.63) is 29.8 Å². The van der Waals surface area contributed by atoms with E-state index in [4.69, 9.17) is 14.4 Å². The molecule has 2 rings (SSSR count). The van der Waals surface area contributed by atoms with Gasteiger partial charge in [0.15, 0.2) is 0 Å². The number of sulfonamides is 1. The summed E-state index contributed by atoms with van der Waals surface area (Å²) in [5.74, 6) is 0. The molecule has 0 aliphatic carbocycles.